The molecule has 2 aliphatic rings. The lowest BCUT2D eigenvalue weighted by atomic mass is 9.54. The van der Waals surface area contributed by atoms with Crippen molar-refractivity contribution < 1.29 is 19.1 Å². The zero-order valence-electron chi connectivity index (χ0n) is 11.0. The molecular weight excluding hydrogens is 232 g/mol. The summed E-state index contributed by atoms with van der Waals surface area (Å²) in [6.07, 6.45) is 3.39. The van der Waals surface area contributed by atoms with Crippen LogP contribution in [0.5, 0.6) is 0 Å². The van der Waals surface area contributed by atoms with E-state index in [1.165, 1.54) is 7.11 Å². The van der Waals surface area contributed by atoms with E-state index >= 15 is 0 Å². The molecule has 0 N–H and O–H groups in total. The molecule has 2 rings (SSSR count). The number of ether oxygens (including phenoxy) is 1. The maximum atomic E-state index is 12.3. The van der Waals surface area contributed by atoms with Gasteiger partial charge >= 0.3 is 5.97 Å². The average Bonchev–Trinajstić information content (AvgIpc) is 2.38. The summed E-state index contributed by atoms with van der Waals surface area (Å²) in [5, 5.41) is 0. The maximum absolute atomic E-state index is 12.3. The van der Waals surface area contributed by atoms with Crippen LogP contribution in [0.3, 0.4) is 0 Å². The molecule has 0 saturated heterocycles. The summed E-state index contributed by atoms with van der Waals surface area (Å²) in [6, 6.07) is 0. The molecule has 0 aliphatic heterocycles. The molecule has 100 valence electrons. The Kier molecular flexibility index (Phi) is 3.55. The second-order valence-corrected chi connectivity index (χ2v) is 5.37. The summed E-state index contributed by atoms with van der Waals surface area (Å²) in [5.41, 5.74) is -1.03. The highest BCUT2D eigenvalue weighted by molar-refractivity contribution is 6.06. The van der Waals surface area contributed by atoms with Crippen LogP contribution in [0, 0.1) is 17.3 Å². The minimum atomic E-state index is -1.03. The molecule has 2 aliphatic carbocycles. The number of fused-ring (bicyclic) bond motifs is 1. The highest BCUT2D eigenvalue weighted by Gasteiger charge is 2.59. The number of carbonyl (C=O) groups excluding carboxylic acids is 3. The van der Waals surface area contributed by atoms with Gasteiger partial charge < -0.3 is 4.74 Å². The third-order valence-corrected chi connectivity index (χ3v) is 4.70. The van der Waals surface area contributed by atoms with Crippen molar-refractivity contribution in [2.45, 2.75) is 45.4 Å². The first-order valence-corrected chi connectivity index (χ1v) is 6.72. The van der Waals surface area contributed by atoms with Crippen LogP contribution in [0.4, 0.5) is 0 Å². The summed E-state index contributed by atoms with van der Waals surface area (Å²) >= 11 is 0. The fraction of sp³-hybridized carbons (Fsp3) is 0.786. The first kappa shape index (κ1) is 13.2. The Bertz CT molecular complexity index is 377. The summed E-state index contributed by atoms with van der Waals surface area (Å²) in [7, 11) is 1.33. The van der Waals surface area contributed by atoms with Gasteiger partial charge in [-0.1, -0.05) is 6.92 Å². The van der Waals surface area contributed by atoms with Gasteiger partial charge in [0, 0.05) is 18.8 Å². The van der Waals surface area contributed by atoms with Gasteiger partial charge in [0.15, 0.2) is 5.78 Å². The molecule has 0 bridgehead atoms. The normalized spacial score (nSPS) is 36.1. The van der Waals surface area contributed by atoms with Gasteiger partial charge in [0.05, 0.1) is 7.11 Å². The van der Waals surface area contributed by atoms with E-state index in [0.717, 1.165) is 12.8 Å². The van der Waals surface area contributed by atoms with Crippen LogP contribution in [0.15, 0.2) is 0 Å². The topological polar surface area (TPSA) is 60.4 Å². The molecule has 0 spiro atoms. The van der Waals surface area contributed by atoms with Gasteiger partial charge in [-0.3, -0.25) is 14.4 Å². The molecular formula is C14H20O4. The molecule has 0 aromatic heterocycles. The molecule has 0 aromatic rings. The van der Waals surface area contributed by atoms with Gasteiger partial charge in [-0.05, 0) is 31.6 Å². The minimum absolute atomic E-state index is 0.0171. The third kappa shape index (κ3) is 1.70. The number of carbonyl (C=O) groups is 3. The van der Waals surface area contributed by atoms with E-state index in [9.17, 15) is 14.4 Å². The molecule has 0 heterocycles. The van der Waals surface area contributed by atoms with Crippen LogP contribution < -0.4 is 0 Å². The van der Waals surface area contributed by atoms with Gasteiger partial charge in [0.1, 0.15) is 11.2 Å². The van der Waals surface area contributed by atoms with Crippen LogP contribution in [0.25, 0.3) is 0 Å². The quantitative estimate of drug-likeness (QED) is 0.556. The number of esters is 1. The van der Waals surface area contributed by atoms with Crippen LogP contribution in [-0.2, 0) is 19.1 Å². The number of methoxy groups -OCH3 is 1. The first-order valence-electron chi connectivity index (χ1n) is 6.72. The summed E-state index contributed by atoms with van der Waals surface area (Å²) in [4.78, 5) is 36.4. The highest BCUT2D eigenvalue weighted by Crippen LogP contribution is 2.51. The number of Topliss-reactive ketones (excluding diaryl/α,β-unsaturated/α-hetero) is 2. The zero-order valence-corrected chi connectivity index (χ0v) is 11.0. The van der Waals surface area contributed by atoms with Crippen LogP contribution >= 0.6 is 0 Å². The van der Waals surface area contributed by atoms with Gasteiger partial charge in [0.2, 0.25) is 0 Å². The summed E-state index contributed by atoms with van der Waals surface area (Å²) < 4.78 is 4.88. The van der Waals surface area contributed by atoms with Gasteiger partial charge in [-0.2, -0.15) is 0 Å². The Hall–Kier alpha value is -1.19. The molecule has 3 atom stereocenters. The van der Waals surface area contributed by atoms with Crippen LogP contribution in [0.1, 0.15) is 45.4 Å². The minimum Gasteiger partial charge on any atom is -0.468 e. The van der Waals surface area contributed by atoms with Crippen molar-refractivity contribution in [3.8, 4) is 0 Å². The van der Waals surface area contributed by atoms with E-state index in [-0.39, 0.29) is 23.4 Å². The van der Waals surface area contributed by atoms with Crippen molar-refractivity contribution in [2.75, 3.05) is 7.11 Å². The molecule has 4 heteroatoms. The molecule has 0 amide bonds. The van der Waals surface area contributed by atoms with Crippen molar-refractivity contribution in [1.29, 1.82) is 0 Å². The molecule has 4 nitrogen and oxygen atoms in total. The molecule has 0 radical (unpaired) electrons. The SMILES string of the molecule is CC[C@@H]1C(=O)CC[C@]2(C(=O)OC)C(=O)CCC[C@@H]12. The van der Waals surface area contributed by atoms with E-state index in [0.29, 0.717) is 25.7 Å². The largest absolute Gasteiger partial charge is 0.468 e. The molecule has 2 fully saturated rings. The summed E-state index contributed by atoms with van der Waals surface area (Å²) in [6.45, 7) is 1.95. The Morgan fingerprint density at radius 3 is 2.72 bits per heavy atom. The number of ketones is 2. The van der Waals surface area contributed by atoms with Crippen molar-refractivity contribution in [1.82, 2.24) is 0 Å². The standard InChI is InChI=1S/C14H20O4/c1-3-9-10-5-4-6-12(16)14(10,13(17)18-2)8-7-11(9)15/h9-10H,3-8H2,1-2H3/t9-,10-,14+/m0/s1. The Morgan fingerprint density at radius 2 is 2.11 bits per heavy atom. The number of hydrogen-bond donors (Lipinski definition) is 0. The fourth-order valence-electron chi connectivity index (χ4n) is 3.82. The van der Waals surface area contributed by atoms with E-state index in [4.69, 9.17) is 4.74 Å². The molecule has 0 unspecified atom stereocenters. The van der Waals surface area contributed by atoms with Gasteiger partial charge in [-0.25, -0.2) is 0 Å². The zero-order chi connectivity index (χ0) is 13.3. The number of hydrogen-bond acceptors (Lipinski definition) is 4. The van der Waals surface area contributed by atoms with Gasteiger partial charge in [-0.15, -0.1) is 0 Å². The lowest BCUT2D eigenvalue weighted by Crippen LogP contribution is -2.55. The molecule has 0 aromatic carbocycles. The first-order chi connectivity index (χ1) is 8.57. The van der Waals surface area contributed by atoms with Gasteiger partial charge in [0.25, 0.3) is 0 Å². The van der Waals surface area contributed by atoms with E-state index in [2.05, 4.69) is 0 Å². The molecule has 2 saturated carbocycles. The average molecular weight is 252 g/mol. The van der Waals surface area contributed by atoms with Crippen molar-refractivity contribution >= 4 is 17.5 Å². The second-order valence-electron chi connectivity index (χ2n) is 5.37. The highest BCUT2D eigenvalue weighted by atomic mass is 16.5. The number of rotatable bonds is 2. The van der Waals surface area contributed by atoms with E-state index in [1.807, 2.05) is 6.92 Å². The monoisotopic (exact) mass is 252 g/mol. The predicted octanol–water partition coefficient (Wildman–Crippen LogP) is 1.90. The Morgan fingerprint density at radius 1 is 1.39 bits per heavy atom. The Labute approximate surface area is 107 Å². The van der Waals surface area contributed by atoms with E-state index < -0.39 is 11.4 Å². The second kappa shape index (κ2) is 4.82. The third-order valence-electron chi connectivity index (χ3n) is 4.70. The van der Waals surface area contributed by atoms with Crippen LogP contribution in [0.2, 0.25) is 0 Å². The predicted molar refractivity (Wildman–Crippen MR) is 64.8 cm³/mol. The van der Waals surface area contributed by atoms with Crippen molar-refractivity contribution in [3.63, 3.8) is 0 Å². The van der Waals surface area contributed by atoms with Crippen molar-refractivity contribution in [2.24, 2.45) is 17.3 Å². The smallest absolute Gasteiger partial charge is 0.319 e. The van der Waals surface area contributed by atoms with Crippen molar-refractivity contribution in [3.05, 3.63) is 0 Å². The van der Waals surface area contributed by atoms with E-state index in [1.54, 1.807) is 0 Å². The summed E-state index contributed by atoms with van der Waals surface area (Å²) in [5.74, 6) is -0.532. The lowest BCUT2D eigenvalue weighted by Gasteiger charge is -2.46. The maximum Gasteiger partial charge on any atom is 0.319 e. The fourth-order valence-corrected chi connectivity index (χ4v) is 3.82. The molecule has 18 heavy (non-hydrogen) atoms. The lowest BCUT2D eigenvalue weighted by molar-refractivity contribution is -0.171. The Balaban J connectivity index is 2.44. The van der Waals surface area contributed by atoms with Crippen LogP contribution in [-0.4, -0.2) is 24.6 Å².